The van der Waals surface area contributed by atoms with Crippen molar-refractivity contribution in [2.75, 3.05) is 13.2 Å². The van der Waals surface area contributed by atoms with Crippen LogP contribution in [0.5, 0.6) is 0 Å². The minimum atomic E-state index is -0.0125. The summed E-state index contributed by atoms with van der Waals surface area (Å²) in [5.74, 6) is -0.0125. The largest absolute Gasteiger partial charge is 0.373 e. The van der Waals surface area contributed by atoms with Crippen molar-refractivity contribution in [2.45, 2.75) is 20.3 Å². The van der Waals surface area contributed by atoms with E-state index >= 15 is 0 Å². The van der Waals surface area contributed by atoms with E-state index in [9.17, 15) is 4.79 Å². The third-order valence-electron chi connectivity index (χ3n) is 1.87. The number of carbonyl (C=O) groups is 1. The number of ketones is 1. The van der Waals surface area contributed by atoms with E-state index in [1.54, 1.807) is 17.8 Å². The molecule has 0 aliphatic carbocycles. The van der Waals surface area contributed by atoms with Crippen molar-refractivity contribution in [3.63, 3.8) is 0 Å². The molecule has 0 aliphatic rings. The molecule has 1 heterocycles. The number of rotatable bonds is 5. The van der Waals surface area contributed by atoms with Crippen LogP contribution >= 0.6 is 0 Å². The first-order valence-corrected chi connectivity index (χ1v) is 4.76. The highest BCUT2D eigenvalue weighted by molar-refractivity contribution is 5.95. The number of nitrogens with zero attached hydrogens (tertiary/aromatic N) is 2. The molecule has 14 heavy (non-hydrogen) atoms. The van der Waals surface area contributed by atoms with Crippen LogP contribution in [0.1, 0.15) is 29.5 Å². The van der Waals surface area contributed by atoms with Gasteiger partial charge in [-0.15, -0.1) is 0 Å². The van der Waals surface area contributed by atoms with Gasteiger partial charge in [-0.1, -0.05) is 6.92 Å². The lowest BCUT2D eigenvalue weighted by Crippen LogP contribution is -2.13. The molecule has 0 radical (unpaired) electrons. The molecule has 0 saturated carbocycles. The summed E-state index contributed by atoms with van der Waals surface area (Å²) in [6.45, 7) is 4.65. The van der Waals surface area contributed by atoms with Crippen LogP contribution in [0, 0.1) is 6.92 Å². The molecule has 0 bridgehead atoms. The number of Topliss-reactive ketones (excluding diaryl/α,β-unsaturated/α-hetero) is 1. The van der Waals surface area contributed by atoms with Crippen LogP contribution in [0.25, 0.3) is 0 Å². The fourth-order valence-electron chi connectivity index (χ4n) is 1.25. The van der Waals surface area contributed by atoms with Crippen LogP contribution < -0.4 is 0 Å². The number of ether oxygens (including phenoxy) is 1. The molecule has 0 aromatic carbocycles. The molecule has 1 aromatic rings. The summed E-state index contributed by atoms with van der Waals surface area (Å²) in [6.07, 6.45) is 0.928. The molecule has 0 unspecified atom stereocenters. The van der Waals surface area contributed by atoms with Crippen molar-refractivity contribution < 1.29 is 9.53 Å². The molecule has 0 saturated heterocycles. The summed E-state index contributed by atoms with van der Waals surface area (Å²) >= 11 is 0. The smallest absolute Gasteiger partial charge is 0.206 e. The van der Waals surface area contributed by atoms with Crippen LogP contribution in [0.4, 0.5) is 0 Å². The number of carbonyl (C=O) groups excluding carboxylic acids is 1. The molecule has 4 nitrogen and oxygen atoms in total. The summed E-state index contributed by atoms with van der Waals surface area (Å²) in [5.41, 5.74) is 1.46. The molecule has 0 aliphatic heterocycles. The average Bonchev–Trinajstić information content (AvgIpc) is 2.45. The summed E-state index contributed by atoms with van der Waals surface area (Å²) in [4.78, 5) is 11.6. The van der Waals surface area contributed by atoms with E-state index in [2.05, 4.69) is 5.10 Å². The van der Waals surface area contributed by atoms with Gasteiger partial charge in [0.1, 0.15) is 12.3 Å². The second-order valence-corrected chi connectivity index (χ2v) is 3.27. The summed E-state index contributed by atoms with van der Waals surface area (Å²) in [6, 6.07) is 1.78. The molecule has 4 heteroatoms. The third-order valence-corrected chi connectivity index (χ3v) is 1.87. The normalized spacial score (nSPS) is 10.5. The van der Waals surface area contributed by atoms with Crippen LogP contribution in [-0.2, 0) is 11.8 Å². The first kappa shape index (κ1) is 10.9. The molecule has 0 spiro atoms. The van der Waals surface area contributed by atoms with Gasteiger partial charge in [0.05, 0.1) is 5.69 Å². The molecule has 0 amide bonds. The highest BCUT2D eigenvalue weighted by Crippen LogP contribution is 2.03. The second-order valence-electron chi connectivity index (χ2n) is 3.27. The van der Waals surface area contributed by atoms with Crippen molar-refractivity contribution in [1.82, 2.24) is 9.78 Å². The third kappa shape index (κ3) is 2.67. The Labute approximate surface area is 83.9 Å². The van der Waals surface area contributed by atoms with Gasteiger partial charge >= 0.3 is 0 Å². The molecular formula is C10H16N2O2. The van der Waals surface area contributed by atoms with Crippen LogP contribution in [0.3, 0.4) is 0 Å². The van der Waals surface area contributed by atoms with E-state index in [4.69, 9.17) is 4.74 Å². The van der Waals surface area contributed by atoms with Gasteiger partial charge in [0, 0.05) is 13.7 Å². The lowest BCUT2D eigenvalue weighted by molar-refractivity contribution is 0.0752. The number of hydrogen-bond acceptors (Lipinski definition) is 3. The highest BCUT2D eigenvalue weighted by Gasteiger charge is 2.11. The first-order valence-electron chi connectivity index (χ1n) is 4.76. The van der Waals surface area contributed by atoms with Crippen LogP contribution in [0.2, 0.25) is 0 Å². The van der Waals surface area contributed by atoms with Gasteiger partial charge in [-0.25, -0.2) is 0 Å². The maximum atomic E-state index is 11.6. The van der Waals surface area contributed by atoms with Gasteiger partial charge in [-0.3, -0.25) is 9.48 Å². The van der Waals surface area contributed by atoms with Crippen LogP contribution in [0.15, 0.2) is 6.07 Å². The lowest BCUT2D eigenvalue weighted by atomic mass is 10.3. The van der Waals surface area contributed by atoms with E-state index in [1.165, 1.54) is 0 Å². The number of aryl methyl sites for hydroxylation is 2. The van der Waals surface area contributed by atoms with Crippen molar-refractivity contribution in [3.8, 4) is 0 Å². The molecule has 1 aromatic heterocycles. The predicted octanol–water partition coefficient (Wildman–Crippen LogP) is 1.34. The van der Waals surface area contributed by atoms with E-state index in [1.807, 2.05) is 13.8 Å². The quantitative estimate of drug-likeness (QED) is 0.527. The van der Waals surface area contributed by atoms with Gasteiger partial charge in [-0.05, 0) is 19.4 Å². The van der Waals surface area contributed by atoms with E-state index in [0.717, 1.165) is 12.1 Å². The Balaban J connectivity index is 2.56. The monoisotopic (exact) mass is 196 g/mol. The average molecular weight is 196 g/mol. The number of hydrogen-bond donors (Lipinski definition) is 0. The Bertz CT molecular complexity index is 318. The fraction of sp³-hybridized carbons (Fsp3) is 0.600. The standard InChI is InChI=1S/C10H16N2O2/c1-4-5-14-7-10(13)9-6-8(2)11-12(9)3/h6H,4-5,7H2,1-3H3. The lowest BCUT2D eigenvalue weighted by Gasteiger charge is -2.01. The first-order chi connectivity index (χ1) is 6.65. The Hall–Kier alpha value is -1.16. The van der Waals surface area contributed by atoms with Crippen molar-refractivity contribution in [2.24, 2.45) is 7.05 Å². The Morgan fingerprint density at radius 1 is 1.64 bits per heavy atom. The van der Waals surface area contributed by atoms with E-state index < -0.39 is 0 Å². The maximum Gasteiger partial charge on any atom is 0.206 e. The van der Waals surface area contributed by atoms with Crippen molar-refractivity contribution >= 4 is 5.78 Å². The summed E-state index contributed by atoms with van der Waals surface area (Å²) in [7, 11) is 1.76. The van der Waals surface area contributed by atoms with Gasteiger partial charge in [0.25, 0.3) is 0 Å². The zero-order chi connectivity index (χ0) is 10.6. The van der Waals surface area contributed by atoms with Crippen molar-refractivity contribution in [1.29, 1.82) is 0 Å². The molecule has 1 rings (SSSR count). The summed E-state index contributed by atoms with van der Waals surface area (Å²) < 4.78 is 6.76. The van der Waals surface area contributed by atoms with Gasteiger partial charge < -0.3 is 4.74 Å². The maximum absolute atomic E-state index is 11.6. The SMILES string of the molecule is CCCOCC(=O)c1cc(C)nn1C. The molecular weight excluding hydrogens is 180 g/mol. The van der Waals surface area contributed by atoms with E-state index in [-0.39, 0.29) is 12.4 Å². The van der Waals surface area contributed by atoms with Gasteiger partial charge in [0.2, 0.25) is 5.78 Å². The van der Waals surface area contributed by atoms with Gasteiger partial charge in [0.15, 0.2) is 0 Å². The topological polar surface area (TPSA) is 44.1 Å². The zero-order valence-electron chi connectivity index (χ0n) is 8.91. The van der Waals surface area contributed by atoms with Crippen LogP contribution in [-0.4, -0.2) is 28.8 Å². The Kier molecular flexibility index (Phi) is 3.83. The van der Waals surface area contributed by atoms with E-state index in [0.29, 0.717) is 12.3 Å². The predicted molar refractivity (Wildman–Crippen MR) is 53.4 cm³/mol. The molecule has 0 fully saturated rings. The molecule has 0 N–H and O–H groups in total. The summed E-state index contributed by atoms with van der Waals surface area (Å²) in [5, 5.41) is 4.10. The Morgan fingerprint density at radius 3 is 2.86 bits per heavy atom. The minimum absolute atomic E-state index is 0.0125. The molecule has 0 atom stereocenters. The van der Waals surface area contributed by atoms with Gasteiger partial charge in [-0.2, -0.15) is 5.10 Å². The second kappa shape index (κ2) is 4.91. The fourth-order valence-corrected chi connectivity index (χ4v) is 1.25. The Morgan fingerprint density at radius 2 is 2.36 bits per heavy atom. The zero-order valence-corrected chi connectivity index (χ0v) is 8.91. The number of aromatic nitrogens is 2. The highest BCUT2D eigenvalue weighted by atomic mass is 16.5. The minimum Gasteiger partial charge on any atom is -0.373 e. The molecule has 78 valence electrons. The van der Waals surface area contributed by atoms with Crippen molar-refractivity contribution in [3.05, 3.63) is 17.5 Å².